The van der Waals surface area contributed by atoms with Crippen molar-refractivity contribution in [2.45, 2.75) is 17.3 Å². The van der Waals surface area contributed by atoms with Gasteiger partial charge in [0.2, 0.25) is 5.91 Å². The van der Waals surface area contributed by atoms with Gasteiger partial charge in [0.1, 0.15) is 5.75 Å². The van der Waals surface area contributed by atoms with E-state index in [-0.39, 0.29) is 11.2 Å². The predicted molar refractivity (Wildman–Crippen MR) is 106 cm³/mol. The summed E-state index contributed by atoms with van der Waals surface area (Å²) in [5.41, 5.74) is 2.78. The lowest BCUT2D eigenvalue weighted by Crippen LogP contribution is -2.23. The standard InChI is InChI=1S/C20H21N3O2S/c1-14(19(24)22-16-11-7-8-12-18(16)25-3)26-20-21-13-17(23(20)2)15-9-5-4-6-10-15/h4-14H,1-3H3,(H,22,24). The Balaban J connectivity index is 1.71. The maximum Gasteiger partial charge on any atom is 0.237 e. The van der Waals surface area contributed by atoms with Crippen molar-refractivity contribution in [3.05, 3.63) is 60.8 Å². The Kier molecular flexibility index (Phi) is 5.63. The molecule has 1 unspecified atom stereocenters. The van der Waals surface area contributed by atoms with Gasteiger partial charge >= 0.3 is 0 Å². The molecule has 5 nitrogen and oxygen atoms in total. The van der Waals surface area contributed by atoms with Gasteiger partial charge in [-0.1, -0.05) is 54.2 Å². The van der Waals surface area contributed by atoms with Crippen LogP contribution in [0.4, 0.5) is 5.69 Å². The highest BCUT2D eigenvalue weighted by Crippen LogP contribution is 2.29. The highest BCUT2D eigenvalue weighted by Gasteiger charge is 2.19. The van der Waals surface area contributed by atoms with Crippen molar-refractivity contribution in [1.82, 2.24) is 9.55 Å². The number of hydrogen-bond donors (Lipinski definition) is 1. The van der Waals surface area contributed by atoms with E-state index in [1.807, 2.05) is 79.3 Å². The van der Waals surface area contributed by atoms with Gasteiger partial charge in [-0.15, -0.1) is 0 Å². The normalized spacial score (nSPS) is 11.8. The molecule has 0 saturated heterocycles. The molecule has 6 heteroatoms. The summed E-state index contributed by atoms with van der Waals surface area (Å²) in [6.07, 6.45) is 1.84. The molecule has 0 fully saturated rings. The van der Waals surface area contributed by atoms with Crippen molar-refractivity contribution in [3.63, 3.8) is 0 Å². The topological polar surface area (TPSA) is 56.1 Å². The van der Waals surface area contributed by atoms with Crippen molar-refractivity contribution < 1.29 is 9.53 Å². The van der Waals surface area contributed by atoms with Crippen molar-refractivity contribution in [2.24, 2.45) is 7.05 Å². The van der Waals surface area contributed by atoms with E-state index < -0.39 is 0 Å². The maximum atomic E-state index is 12.5. The molecule has 0 aliphatic heterocycles. The zero-order valence-electron chi connectivity index (χ0n) is 15.0. The predicted octanol–water partition coefficient (Wildman–Crippen LogP) is 4.22. The van der Waals surface area contributed by atoms with Crippen molar-refractivity contribution in [2.75, 3.05) is 12.4 Å². The van der Waals surface area contributed by atoms with Gasteiger partial charge in [0.25, 0.3) is 0 Å². The van der Waals surface area contributed by atoms with Gasteiger partial charge in [0.15, 0.2) is 5.16 Å². The third-order valence-electron chi connectivity index (χ3n) is 4.03. The van der Waals surface area contributed by atoms with Gasteiger partial charge in [-0.25, -0.2) is 4.98 Å². The van der Waals surface area contributed by atoms with E-state index in [0.29, 0.717) is 11.4 Å². The van der Waals surface area contributed by atoms with Crippen LogP contribution < -0.4 is 10.1 Å². The second kappa shape index (κ2) is 8.10. The Morgan fingerprint density at radius 2 is 1.85 bits per heavy atom. The first-order chi connectivity index (χ1) is 12.6. The monoisotopic (exact) mass is 367 g/mol. The van der Waals surface area contributed by atoms with Crippen LogP contribution in [-0.2, 0) is 11.8 Å². The minimum absolute atomic E-state index is 0.0937. The summed E-state index contributed by atoms with van der Waals surface area (Å²) in [6.45, 7) is 1.87. The van der Waals surface area contributed by atoms with E-state index >= 15 is 0 Å². The van der Waals surface area contributed by atoms with Gasteiger partial charge < -0.3 is 14.6 Å². The van der Waals surface area contributed by atoms with E-state index in [2.05, 4.69) is 10.3 Å². The lowest BCUT2D eigenvalue weighted by molar-refractivity contribution is -0.115. The number of nitrogens with one attached hydrogen (secondary N) is 1. The summed E-state index contributed by atoms with van der Waals surface area (Å²) in [4.78, 5) is 17.0. The molecule has 1 N–H and O–H groups in total. The zero-order valence-corrected chi connectivity index (χ0v) is 15.8. The third-order valence-corrected chi connectivity index (χ3v) is 5.19. The van der Waals surface area contributed by atoms with Crippen LogP contribution in [-0.4, -0.2) is 27.8 Å². The minimum atomic E-state index is -0.301. The lowest BCUT2D eigenvalue weighted by Gasteiger charge is -2.14. The second-order valence-electron chi connectivity index (χ2n) is 5.80. The molecule has 0 radical (unpaired) electrons. The number of methoxy groups -OCH3 is 1. The molecule has 3 aromatic rings. The molecule has 2 aromatic carbocycles. The van der Waals surface area contributed by atoms with Gasteiger partial charge in [0.05, 0.1) is 29.9 Å². The quantitative estimate of drug-likeness (QED) is 0.663. The highest BCUT2D eigenvalue weighted by molar-refractivity contribution is 8.00. The van der Waals surface area contributed by atoms with E-state index in [1.165, 1.54) is 11.8 Å². The highest BCUT2D eigenvalue weighted by atomic mass is 32.2. The summed E-state index contributed by atoms with van der Waals surface area (Å²) < 4.78 is 7.28. The van der Waals surface area contributed by atoms with Crippen molar-refractivity contribution in [3.8, 4) is 17.0 Å². The number of aromatic nitrogens is 2. The third kappa shape index (κ3) is 3.91. The molecule has 0 aliphatic rings. The molecular weight excluding hydrogens is 346 g/mol. The van der Waals surface area contributed by atoms with Crippen LogP contribution in [0.3, 0.4) is 0 Å². The molecule has 3 rings (SSSR count). The first-order valence-corrected chi connectivity index (χ1v) is 9.15. The van der Waals surface area contributed by atoms with Gasteiger partial charge in [-0.3, -0.25) is 4.79 Å². The van der Waals surface area contributed by atoms with E-state index in [0.717, 1.165) is 16.4 Å². The summed E-state index contributed by atoms with van der Waals surface area (Å²) >= 11 is 1.43. The average molecular weight is 367 g/mol. The first-order valence-electron chi connectivity index (χ1n) is 8.28. The molecule has 0 saturated carbocycles. The molecule has 1 aromatic heterocycles. The smallest absolute Gasteiger partial charge is 0.237 e. The van der Waals surface area contributed by atoms with Gasteiger partial charge in [-0.05, 0) is 24.6 Å². The average Bonchev–Trinajstić information content (AvgIpc) is 3.03. The summed E-state index contributed by atoms with van der Waals surface area (Å²) in [6, 6.07) is 17.4. The van der Waals surface area contributed by atoms with Crippen LogP contribution in [0.25, 0.3) is 11.3 Å². The Morgan fingerprint density at radius 3 is 2.58 bits per heavy atom. The molecule has 0 spiro atoms. The molecule has 1 atom stereocenters. The van der Waals surface area contributed by atoms with Crippen molar-refractivity contribution >= 4 is 23.4 Å². The number of carbonyl (C=O) groups is 1. The number of amides is 1. The Labute approximate surface area is 157 Å². The van der Waals surface area contributed by atoms with Gasteiger partial charge in [0, 0.05) is 7.05 Å². The summed E-state index contributed by atoms with van der Waals surface area (Å²) in [5.74, 6) is 0.546. The van der Waals surface area contributed by atoms with Crippen LogP contribution in [0.1, 0.15) is 6.92 Å². The van der Waals surface area contributed by atoms with E-state index in [4.69, 9.17) is 4.74 Å². The molecule has 0 bridgehead atoms. The van der Waals surface area contributed by atoms with Crippen LogP contribution in [0, 0.1) is 0 Å². The summed E-state index contributed by atoms with van der Waals surface area (Å²) in [5, 5.41) is 3.41. The van der Waals surface area contributed by atoms with Crippen LogP contribution in [0.15, 0.2) is 66.0 Å². The number of thioether (sulfide) groups is 1. The summed E-state index contributed by atoms with van der Waals surface area (Å²) in [7, 11) is 3.55. The number of anilines is 1. The minimum Gasteiger partial charge on any atom is -0.495 e. The van der Waals surface area contributed by atoms with E-state index in [9.17, 15) is 4.79 Å². The first kappa shape index (κ1) is 18.1. The fraction of sp³-hybridized carbons (Fsp3) is 0.200. The Bertz CT molecular complexity index is 893. The number of carbonyl (C=O) groups excluding carboxylic acids is 1. The zero-order chi connectivity index (χ0) is 18.5. The number of para-hydroxylation sites is 2. The van der Waals surface area contributed by atoms with Crippen molar-refractivity contribution in [1.29, 1.82) is 0 Å². The Morgan fingerprint density at radius 1 is 1.15 bits per heavy atom. The SMILES string of the molecule is COc1ccccc1NC(=O)C(C)Sc1ncc(-c2ccccc2)n1C. The number of ether oxygens (including phenoxy) is 1. The largest absolute Gasteiger partial charge is 0.495 e. The molecule has 134 valence electrons. The molecule has 0 aliphatic carbocycles. The van der Waals surface area contributed by atoms with Crippen LogP contribution >= 0.6 is 11.8 Å². The van der Waals surface area contributed by atoms with Crippen LogP contribution in [0.2, 0.25) is 0 Å². The lowest BCUT2D eigenvalue weighted by atomic mass is 10.2. The molecule has 1 amide bonds. The van der Waals surface area contributed by atoms with Crippen LogP contribution in [0.5, 0.6) is 5.75 Å². The number of nitrogens with zero attached hydrogens (tertiary/aromatic N) is 2. The second-order valence-corrected chi connectivity index (χ2v) is 7.11. The molecule has 26 heavy (non-hydrogen) atoms. The fourth-order valence-electron chi connectivity index (χ4n) is 2.57. The number of hydrogen-bond acceptors (Lipinski definition) is 4. The number of rotatable bonds is 6. The Hall–Kier alpha value is -2.73. The maximum absolute atomic E-state index is 12.5. The number of benzene rings is 2. The molecular formula is C20H21N3O2S. The molecule has 1 heterocycles. The number of imidazole rings is 1. The fourth-order valence-corrected chi connectivity index (χ4v) is 3.43. The van der Waals surface area contributed by atoms with Gasteiger partial charge in [-0.2, -0.15) is 0 Å². The van der Waals surface area contributed by atoms with E-state index in [1.54, 1.807) is 7.11 Å².